The number of rotatable bonds is 0. The zero-order valence-corrected chi connectivity index (χ0v) is 4.93. The maximum Gasteiger partial charge on any atom is 0.163 e. The van der Waals surface area contributed by atoms with Gasteiger partial charge >= 0.3 is 0 Å². The largest absolute Gasteiger partial charge is 0.308 e. The van der Waals surface area contributed by atoms with Gasteiger partial charge in [0.2, 0.25) is 0 Å². The van der Waals surface area contributed by atoms with E-state index in [-0.39, 0.29) is 18.1 Å². The normalized spacial score (nSPS) is 32.0. The average Bonchev–Trinajstić information content (AvgIpc) is 1.72. The van der Waals surface area contributed by atoms with Gasteiger partial charge in [0, 0.05) is 0 Å². The van der Waals surface area contributed by atoms with Crippen molar-refractivity contribution in [3.05, 3.63) is 0 Å². The first-order valence-corrected chi connectivity index (χ1v) is 3.03. The molecule has 1 aliphatic heterocycles. The van der Waals surface area contributed by atoms with E-state index in [4.69, 9.17) is 0 Å². The van der Waals surface area contributed by atoms with Crippen LogP contribution in [0.25, 0.3) is 0 Å². The second kappa shape index (κ2) is 2.84. The van der Waals surface area contributed by atoms with E-state index in [2.05, 4.69) is 13.4 Å². The summed E-state index contributed by atoms with van der Waals surface area (Å²) in [6.07, 6.45) is 0. The summed E-state index contributed by atoms with van der Waals surface area (Å²) in [7, 11) is 0.378. The van der Waals surface area contributed by atoms with Crippen molar-refractivity contribution in [1.29, 1.82) is 0 Å². The molecular weight excluding hydrogens is 122 g/mol. The van der Waals surface area contributed by atoms with Crippen LogP contribution in [0, 0.1) is 0 Å². The molecule has 0 saturated carbocycles. The molecule has 0 aromatic carbocycles. The molecule has 0 aliphatic carbocycles. The van der Waals surface area contributed by atoms with E-state index in [1.54, 1.807) is 0 Å². The summed E-state index contributed by atoms with van der Waals surface area (Å²) in [5.41, 5.74) is 0. The zero-order valence-electron chi connectivity index (χ0n) is 2.93. The monoisotopic (exact) mass is 126 g/mol. The van der Waals surface area contributed by atoms with Crippen molar-refractivity contribution < 1.29 is 13.4 Å². The quantitative estimate of drug-likeness (QED) is 0.453. The van der Waals surface area contributed by atoms with E-state index in [0.717, 1.165) is 0 Å². The van der Waals surface area contributed by atoms with Gasteiger partial charge in [-0.2, -0.15) is 0 Å². The first kappa shape index (κ1) is 4.89. The van der Waals surface area contributed by atoms with Crippen molar-refractivity contribution in [2.45, 2.75) is 0 Å². The van der Waals surface area contributed by atoms with E-state index >= 15 is 0 Å². The fourth-order valence-electron chi connectivity index (χ4n) is 0.154. The molecule has 0 radical (unpaired) electrons. The summed E-state index contributed by atoms with van der Waals surface area (Å²) in [5, 5.41) is 0. The smallest absolute Gasteiger partial charge is 0.163 e. The third-order valence-electron chi connectivity index (χ3n) is 0.319. The molecule has 1 saturated heterocycles. The van der Waals surface area contributed by atoms with Crippen LogP contribution in [-0.2, 0) is 13.4 Å². The second-order valence-electron chi connectivity index (χ2n) is 0.675. The van der Waals surface area contributed by atoms with Crippen molar-refractivity contribution in [2.75, 3.05) is 6.79 Å². The van der Waals surface area contributed by atoms with Crippen molar-refractivity contribution in [3.63, 3.8) is 0 Å². The summed E-state index contributed by atoms with van der Waals surface area (Å²) in [6, 6.07) is 0. The highest BCUT2D eigenvalue weighted by Gasteiger charge is 1.95. The molecule has 5 heteroatoms. The zero-order chi connectivity index (χ0) is 4.24. The van der Waals surface area contributed by atoms with Crippen LogP contribution in [0.5, 0.6) is 0 Å². The number of hydrogen-bond donors (Lipinski definition) is 0. The minimum Gasteiger partial charge on any atom is -0.308 e. The molecule has 2 atom stereocenters. The van der Waals surface area contributed by atoms with Gasteiger partial charge in [0.05, 0.1) is 0 Å². The van der Waals surface area contributed by atoms with Crippen LogP contribution in [0.1, 0.15) is 0 Å². The molecule has 0 spiro atoms. The molecule has 0 amide bonds. The molecule has 1 heterocycles. The van der Waals surface area contributed by atoms with Gasteiger partial charge in [-0.15, -0.1) is 0 Å². The first-order valence-electron chi connectivity index (χ1n) is 1.39. The second-order valence-corrected chi connectivity index (χ2v) is 2.40. The van der Waals surface area contributed by atoms with Crippen LogP contribution in [-0.4, -0.2) is 6.79 Å². The average molecular weight is 126 g/mol. The molecule has 0 bridgehead atoms. The van der Waals surface area contributed by atoms with Gasteiger partial charge in [0.25, 0.3) is 0 Å². The Balaban J connectivity index is 2.00. The van der Waals surface area contributed by atoms with Crippen molar-refractivity contribution in [1.82, 2.24) is 0 Å². The molecule has 1 fully saturated rings. The van der Waals surface area contributed by atoms with Gasteiger partial charge in [-0.3, -0.25) is 4.31 Å². The van der Waals surface area contributed by atoms with Crippen LogP contribution in [0.4, 0.5) is 0 Å². The third-order valence-corrected chi connectivity index (χ3v) is 1.46. The highest BCUT2D eigenvalue weighted by atomic mass is 31.2. The van der Waals surface area contributed by atoms with Crippen molar-refractivity contribution in [3.8, 4) is 0 Å². The minimum atomic E-state index is 0.189. The lowest BCUT2D eigenvalue weighted by molar-refractivity contribution is 0.117. The van der Waals surface area contributed by atoms with Gasteiger partial charge in [-0.25, -0.2) is 0 Å². The van der Waals surface area contributed by atoms with Crippen LogP contribution in [0.15, 0.2) is 0 Å². The Hall–Kier alpha value is 0.740. The fraction of sp³-hybridized carbons (Fsp3) is 1.00. The standard InChI is InChI=1S/CH4O3P2/c1-2-5-4-6-3-1/h5-6H,1H2. The van der Waals surface area contributed by atoms with Gasteiger partial charge in [-0.1, -0.05) is 0 Å². The van der Waals surface area contributed by atoms with Gasteiger partial charge in [0.15, 0.2) is 24.9 Å². The number of hydrogen-bond acceptors (Lipinski definition) is 3. The van der Waals surface area contributed by atoms with Crippen LogP contribution in [0.3, 0.4) is 0 Å². The predicted octanol–water partition coefficient (Wildman–Crippen LogP) is 1.02. The molecule has 0 aromatic rings. The first-order chi connectivity index (χ1) is 3.00. The lowest BCUT2D eigenvalue weighted by atomic mass is 11.6. The molecule has 3 nitrogen and oxygen atoms in total. The molecular formula is CH4O3P2. The Morgan fingerprint density at radius 2 is 1.83 bits per heavy atom. The molecule has 1 rings (SSSR count). The summed E-state index contributed by atoms with van der Waals surface area (Å²) in [4.78, 5) is 0. The van der Waals surface area contributed by atoms with Crippen molar-refractivity contribution >= 4 is 18.1 Å². The Morgan fingerprint density at radius 3 is 2.00 bits per heavy atom. The lowest BCUT2D eigenvalue weighted by Crippen LogP contribution is -1.88. The molecule has 1 aliphatic rings. The van der Waals surface area contributed by atoms with Gasteiger partial charge in [-0.05, 0) is 0 Å². The lowest BCUT2D eigenvalue weighted by Gasteiger charge is -2.08. The molecule has 36 valence electrons. The SMILES string of the molecule is C1OPOPO1. The van der Waals surface area contributed by atoms with Crippen LogP contribution >= 0.6 is 18.1 Å². The fourth-order valence-corrected chi connectivity index (χ4v) is 1.09. The van der Waals surface area contributed by atoms with E-state index in [0.29, 0.717) is 6.79 Å². The van der Waals surface area contributed by atoms with E-state index in [1.807, 2.05) is 0 Å². The Labute approximate surface area is 39.3 Å². The highest BCUT2D eigenvalue weighted by Crippen LogP contribution is 2.33. The van der Waals surface area contributed by atoms with Gasteiger partial charge in [0.1, 0.15) is 0 Å². The molecule has 6 heavy (non-hydrogen) atoms. The maximum atomic E-state index is 4.68. The van der Waals surface area contributed by atoms with E-state index < -0.39 is 0 Å². The Bertz CT molecular complexity index is 24.3. The van der Waals surface area contributed by atoms with Crippen molar-refractivity contribution in [2.24, 2.45) is 0 Å². The summed E-state index contributed by atoms with van der Waals surface area (Å²) in [5.74, 6) is 0. The minimum absolute atomic E-state index is 0.189. The summed E-state index contributed by atoms with van der Waals surface area (Å²) in [6.45, 7) is 0.400. The van der Waals surface area contributed by atoms with E-state index in [9.17, 15) is 0 Å². The Morgan fingerprint density at radius 1 is 1.17 bits per heavy atom. The summed E-state index contributed by atoms with van der Waals surface area (Å²) >= 11 is 0. The van der Waals surface area contributed by atoms with Crippen LogP contribution in [0.2, 0.25) is 0 Å². The molecule has 2 unspecified atom stereocenters. The third kappa shape index (κ3) is 1.46. The van der Waals surface area contributed by atoms with Gasteiger partial charge < -0.3 is 9.05 Å². The summed E-state index contributed by atoms with van der Waals surface area (Å²) < 4.78 is 14.0. The molecule has 0 aromatic heterocycles. The van der Waals surface area contributed by atoms with Crippen LogP contribution < -0.4 is 0 Å². The molecule has 0 N–H and O–H groups in total. The maximum absolute atomic E-state index is 4.68. The predicted molar refractivity (Wildman–Crippen MR) is 24.8 cm³/mol. The van der Waals surface area contributed by atoms with E-state index in [1.165, 1.54) is 0 Å². The topological polar surface area (TPSA) is 27.7 Å². The Kier molecular flexibility index (Phi) is 2.31. The highest BCUT2D eigenvalue weighted by molar-refractivity contribution is 7.41.